The molecule has 0 spiro atoms. The highest BCUT2D eigenvalue weighted by atomic mass is 35.5. The number of nitrogens with one attached hydrogen (secondary N) is 1. The van der Waals surface area contributed by atoms with Gasteiger partial charge in [-0.25, -0.2) is 0 Å². The number of carbonyl (C=O) groups is 2. The zero-order valence-electron chi connectivity index (χ0n) is 10.3. The molecular formula is C11H15ClN4O2. The van der Waals surface area contributed by atoms with Gasteiger partial charge in [0.15, 0.2) is 10.8 Å². The van der Waals surface area contributed by atoms with E-state index in [1.807, 2.05) is 6.92 Å². The molecule has 0 aliphatic rings. The van der Waals surface area contributed by atoms with Gasteiger partial charge in [0.1, 0.15) is 0 Å². The minimum absolute atomic E-state index is 0.00742. The minimum Gasteiger partial charge on any atom is -0.358 e. The molecule has 0 saturated heterocycles. The van der Waals surface area contributed by atoms with Crippen LogP contribution in [-0.2, 0) is 4.79 Å². The second-order valence-electron chi connectivity index (χ2n) is 3.64. The van der Waals surface area contributed by atoms with Crippen LogP contribution in [0.2, 0.25) is 5.15 Å². The van der Waals surface area contributed by atoms with Gasteiger partial charge in [-0.05, 0) is 18.6 Å². The Morgan fingerprint density at radius 3 is 2.61 bits per heavy atom. The molecule has 18 heavy (non-hydrogen) atoms. The Balaban J connectivity index is 2.81. The summed E-state index contributed by atoms with van der Waals surface area (Å²) < 4.78 is 0. The topological polar surface area (TPSA) is 75.2 Å². The Morgan fingerprint density at radius 2 is 2.11 bits per heavy atom. The zero-order valence-corrected chi connectivity index (χ0v) is 11.1. The molecule has 1 aromatic rings. The summed E-state index contributed by atoms with van der Waals surface area (Å²) >= 11 is 5.60. The molecule has 7 heteroatoms. The average Bonchev–Trinajstić information content (AvgIpc) is 2.38. The molecule has 1 rings (SSSR count). The molecule has 6 nitrogen and oxygen atoms in total. The Labute approximate surface area is 110 Å². The van der Waals surface area contributed by atoms with E-state index in [-0.39, 0.29) is 29.2 Å². The lowest BCUT2D eigenvalue weighted by molar-refractivity contribution is -0.121. The molecule has 0 atom stereocenters. The van der Waals surface area contributed by atoms with Crippen LogP contribution in [0.25, 0.3) is 0 Å². The van der Waals surface area contributed by atoms with Gasteiger partial charge in [0.05, 0.1) is 6.54 Å². The number of nitrogens with zero attached hydrogens (tertiary/aromatic N) is 3. The Morgan fingerprint density at radius 1 is 1.39 bits per heavy atom. The summed E-state index contributed by atoms with van der Waals surface area (Å²) in [7, 11) is 1.53. The normalized spacial score (nSPS) is 9.94. The van der Waals surface area contributed by atoms with Gasteiger partial charge in [-0.1, -0.05) is 18.5 Å². The SMILES string of the molecule is CCCN(CC(=O)NC)C(=O)c1ccc(Cl)nn1. The molecule has 2 amide bonds. The minimum atomic E-state index is -0.329. The van der Waals surface area contributed by atoms with E-state index >= 15 is 0 Å². The quantitative estimate of drug-likeness (QED) is 0.856. The highest BCUT2D eigenvalue weighted by Gasteiger charge is 2.19. The number of carbonyl (C=O) groups excluding carboxylic acids is 2. The van der Waals surface area contributed by atoms with Crippen LogP contribution in [0.4, 0.5) is 0 Å². The monoisotopic (exact) mass is 270 g/mol. The van der Waals surface area contributed by atoms with Gasteiger partial charge in [0.25, 0.3) is 5.91 Å². The molecule has 98 valence electrons. The fourth-order valence-electron chi connectivity index (χ4n) is 1.37. The maximum absolute atomic E-state index is 12.1. The summed E-state index contributed by atoms with van der Waals surface area (Å²) in [6.07, 6.45) is 0.754. The van der Waals surface area contributed by atoms with Crippen molar-refractivity contribution in [1.82, 2.24) is 20.4 Å². The Hall–Kier alpha value is -1.69. The van der Waals surface area contributed by atoms with Crippen molar-refractivity contribution < 1.29 is 9.59 Å². The fraction of sp³-hybridized carbons (Fsp3) is 0.455. The van der Waals surface area contributed by atoms with Gasteiger partial charge in [0.2, 0.25) is 5.91 Å². The number of amides is 2. The molecule has 0 aliphatic heterocycles. The van der Waals surface area contributed by atoms with Gasteiger partial charge < -0.3 is 10.2 Å². The maximum Gasteiger partial charge on any atom is 0.274 e. The van der Waals surface area contributed by atoms with Crippen molar-refractivity contribution >= 4 is 23.4 Å². The van der Waals surface area contributed by atoms with Crippen molar-refractivity contribution in [2.75, 3.05) is 20.1 Å². The van der Waals surface area contributed by atoms with Gasteiger partial charge >= 0.3 is 0 Å². The molecule has 0 radical (unpaired) electrons. The lowest BCUT2D eigenvalue weighted by Gasteiger charge is -2.20. The van der Waals surface area contributed by atoms with E-state index in [0.717, 1.165) is 6.42 Å². The summed E-state index contributed by atoms with van der Waals surface area (Å²) in [4.78, 5) is 24.8. The molecule has 1 heterocycles. The number of hydrogen-bond acceptors (Lipinski definition) is 4. The summed E-state index contributed by atoms with van der Waals surface area (Å²) in [5, 5.41) is 10.0. The Kier molecular flexibility index (Phi) is 5.51. The summed E-state index contributed by atoms with van der Waals surface area (Å²) in [6.45, 7) is 2.42. The molecule has 0 aliphatic carbocycles. The van der Waals surface area contributed by atoms with Gasteiger partial charge in [-0.2, -0.15) is 0 Å². The van der Waals surface area contributed by atoms with E-state index in [1.165, 1.54) is 24.1 Å². The highest BCUT2D eigenvalue weighted by molar-refractivity contribution is 6.29. The van der Waals surface area contributed by atoms with Crippen LogP contribution in [0.15, 0.2) is 12.1 Å². The van der Waals surface area contributed by atoms with E-state index in [4.69, 9.17) is 11.6 Å². The third kappa shape index (κ3) is 3.96. The zero-order chi connectivity index (χ0) is 13.5. The van der Waals surface area contributed by atoms with Crippen molar-refractivity contribution in [3.05, 3.63) is 23.0 Å². The molecule has 0 fully saturated rings. The first kappa shape index (κ1) is 14.4. The summed E-state index contributed by atoms with van der Waals surface area (Å²) in [5.74, 6) is -0.552. The maximum atomic E-state index is 12.1. The lowest BCUT2D eigenvalue weighted by atomic mass is 10.3. The number of halogens is 1. The van der Waals surface area contributed by atoms with Crippen LogP contribution >= 0.6 is 11.6 Å². The molecule has 1 aromatic heterocycles. The number of likely N-dealkylation sites (N-methyl/N-ethyl adjacent to an activating group) is 1. The first-order valence-corrected chi connectivity index (χ1v) is 5.95. The van der Waals surface area contributed by atoms with E-state index in [9.17, 15) is 9.59 Å². The summed E-state index contributed by atoms with van der Waals surface area (Å²) in [5.41, 5.74) is 0.178. The van der Waals surface area contributed by atoms with E-state index < -0.39 is 0 Å². The lowest BCUT2D eigenvalue weighted by Crippen LogP contribution is -2.40. The molecule has 0 bridgehead atoms. The van der Waals surface area contributed by atoms with Gasteiger partial charge in [-0.3, -0.25) is 9.59 Å². The van der Waals surface area contributed by atoms with Crippen molar-refractivity contribution in [3.8, 4) is 0 Å². The molecule has 0 aromatic carbocycles. The third-order valence-electron chi connectivity index (χ3n) is 2.25. The number of hydrogen-bond donors (Lipinski definition) is 1. The number of rotatable bonds is 5. The largest absolute Gasteiger partial charge is 0.358 e. The number of aromatic nitrogens is 2. The van der Waals surface area contributed by atoms with Crippen LogP contribution in [0.3, 0.4) is 0 Å². The van der Waals surface area contributed by atoms with Crippen LogP contribution in [0.5, 0.6) is 0 Å². The Bertz CT molecular complexity index is 422. The third-order valence-corrected chi connectivity index (χ3v) is 2.45. The first-order valence-electron chi connectivity index (χ1n) is 5.57. The van der Waals surface area contributed by atoms with Gasteiger partial charge in [-0.15, -0.1) is 10.2 Å². The van der Waals surface area contributed by atoms with Crippen LogP contribution in [0.1, 0.15) is 23.8 Å². The standard InChI is InChI=1S/C11H15ClN4O2/c1-3-6-16(7-10(17)13-2)11(18)8-4-5-9(12)15-14-8/h4-5H,3,6-7H2,1-2H3,(H,13,17). The fourth-order valence-corrected chi connectivity index (χ4v) is 1.47. The smallest absolute Gasteiger partial charge is 0.274 e. The first-order chi connectivity index (χ1) is 8.58. The molecule has 0 unspecified atom stereocenters. The molecule has 0 saturated carbocycles. The van der Waals surface area contributed by atoms with Crippen molar-refractivity contribution in [2.24, 2.45) is 0 Å². The summed E-state index contributed by atoms with van der Waals surface area (Å²) in [6, 6.07) is 2.98. The van der Waals surface area contributed by atoms with Crippen molar-refractivity contribution in [3.63, 3.8) is 0 Å². The van der Waals surface area contributed by atoms with E-state index in [1.54, 1.807) is 0 Å². The highest BCUT2D eigenvalue weighted by Crippen LogP contribution is 2.06. The molecule has 1 N–H and O–H groups in total. The second kappa shape index (κ2) is 6.90. The van der Waals surface area contributed by atoms with Crippen LogP contribution < -0.4 is 5.32 Å². The van der Waals surface area contributed by atoms with Crippen molar-refractivity contribution in [2.45, 2.75) is 13.3 Å². The van der Waals surface area contributed by atoms with Crippen molar-refractivity contribution in [1.29, 1.82) is 0 Å². The van der Waals surface area contributed by atoms with E-state index in [2.05, 4.69) is 15.5 Å². The predicted octanol–water partition coefficient (Wildman–Crippen LogP) is 0.728. The average molecular weight is 271 g/mol. The van der Waals surface area contributed by atoms with Gasteiger partial charge in [0, 0.05) is 13.6 Å². The second-order valence-corrected chi connectivity index (χ2v) is 4.03. The van der Waals surface area contributed by atoms with Crippen LogP contribution in [-0.4, -0.2) is 47.0 Å². The van der Waals surface area contributed by atoms with Crippen LogP contribution in [0, 0.1) is 0 Å². The molecular weight excluding hydrogens is 256 g/mol. The predicted molar refractivity (Wildman–Crippen MR) is 67.3 cm³/mol. The van der Waals surface area contributed by atoms with E-state index in [0.29, 0.717) is 6.54 Å².